The lowest BCUT2D eigenvalue weighted by molar-refractivity contribution is -0.118. The molecular formula is C20H20ClFN2O4S2. The Morgan fingerprint density at radius 1 is 1.23 bits per heavy atom. The number of carbonyl (C=O) groups is 1. The first-order chi connectivity index (χ1) is 14.3. The van der Waals surface area contributed by atoms with Crippen molar-refractivity contribution in [1.82, 2.24) is 4.57 Å². The molecule has 0 atom stereocenters. The van der Waals surface area contributed by atoms with Crippen LogP contribution in [0.4, 0.5) is 4.39 Å². The average Bonchev–Trinajstić information content (AvgIpc) is 3.02. The van der Waals surface area contributed by atoms with Crippen LogP contribution in [0, 0.1) is 5.82 Å². The summed E-state index contributed by atoms with van der Waals surface area (Å²) in [5, 5.41) is 0.589. The first-order valence-electron chi connectivity index (χ1n) is 9.14. The fraction of sp³-hybridized carbons (Fsp3) is 0.300. The summed E-state index contributed by atoms with van der Waals surface area (Å²) in [6, 6.07) is 10.1. The van der Waals surface area contributed by atoms with Crippen molar-refractivity contribution < 1.29 is 22.3 Å². The molecule has 6 nitrogen and oxygen atoms in total. The van der Waals surface area contributed by atoms with Crippen LogP contribution < -0.4 is 4.80 Å². The van der Waals surface area contributed by atoms with Crippen LogP contribution in [-0.2, 0) is 25.9 Å². The molecule has 0 aliphatic carbocycles. The maximum Gasteiger partial charge on any atom is 0.248 e. The second kappa shape index (κ2) is 9.82. The van der Waals surface area contributed by atoms with E-state index in [1.54, 1.807) is 13.2 Å². The van der Waals surface area contributed by atoms with Crippen molar-refractivity contribution in [1.29, 1.82) is 0 Å². The van der Waals surface area contributed by atoms with Gasteiger partial charge in [-0.1, -0.05) is 22.9 Å². The molecule has 0 aliphatic rings. The second-order valence-electron chi connectivity index (χ2n) is 6.52. The first-order valence-corrected chi connectivity index (χ1v) is 12.0. The minimum absolute atomic E-state index is 0.0142. The number of aromatic nitrogens is 1. The van der Waals surface area contributed by atoms with Gasteiger partial charge in [0.2, 0.25) is 5.91 Å². The van der Waals surface area contributed by atoms with E-state index in [-0.39, 0.29) is 23.5 Å². The number of carbonyl (C=O) groups excluding carboxylic acids is 1. The average molecular weight is 471 g/mol. The predicted octanol–water partition coefficient (Wildman–Crippen LogP) is 3.82. The third kappa shape index (κ3) is 5.54. The third-order valence-corrected chi connectivity index (χ3v) is 7.45. The molecule has 1 amide bonds. The van der Waals surface area contributed by atoms with Crippen LogP contribution in [0.5, 0.6) is 0 Å². The zero-order valence-corrected chi connectivity index (χ0v) is 18.6. The van der Waals surface area contributed by atoms with Crippen molar-refractivity contribution in [3.05, 3.63) is 58.1 Å². The van der Waals surface area contributed by atoms with Crippen molar-refractivity contribution in [2.45, 2.75) is 24.3 Å². The van der Waals surface area contributed by atoms with Gasteiger partial charge in [0.05, 0.1) is 27.5 Å². The Morgan fingerprint density at radius 3 is 2.67 bits per heavy atom. The zero-order chi connectivity index (χ0) is 21.7. The molecule has 30 heavy (non-hydrogen) atoms. The van der Waals surface area contributed by atoms with E-state index in [2.05, 4.69) is 4.99 Å². The molecule has 0 spiro atoms. The number of thiazole rings is 1. The van der Waals surface area contributed by atoms with Crippen molar-refractivity contribution in [2.24, 2.45) is 4.99 Å². The number of ether oxygens (including phenoxy) is 1. The number of halogens is 2. The molecule has 10 heteroatoms. The Hall–Kier alpha value is -2.07. The normalized spacial score (nSPS) is 12.6. The van der Waals surface area contributed by atoms with Crippen molar-refractivity contribution in [2.75, 3.05) is 19.5 Å². The molecular weight excluding hydrogens is 451 g/mol. The molecule has 0 saturated heterocycles. The Kier molecular flexibility index (Phi) is 7.41. The van der Waals surface area contributed by atoms with Gasteiger partial charge in [-0.05, 0) is 48.9 Å². The number of sulfone groups is 1. The highest BCUT2D eigenvalue weighted by molar-refractivity contribution is 7.91. The van der Waals surface area contributed by atoms with Crippen molar-refractivity contribution in [3.63, 3.8) is 0 Å². The number of methoxy groups -OCH3 is 1. The SMILES string of the molecule is COCCn1c(=NC(=O)CCCS(=O)(=O)c2ccc(F)cc2)sc2cc(Cl)ccc21. The molecule has 160 valence electrons. The maximum atomic E-state index is 13.0. The van der Waals surface area contributed by atoms with Crippen LogP contribution in [0.15, 0.2) is 52.4 Å². The lowest BCUT2D eigenvalue weighted by Gasteiger charge is -2.04. The standard InChI is InChI=1S/C20H20ClFN2O4S2/c1-28-11-10-24-17-9-4-14(21)13-18(17)29-20(24)23-19(25)3-2-12-30(26,27)16-7-5-15(22)6-8-16/h4-9,13H,2-3,10-12H2,1H3. The van der Waals surface area contributed by atoms with Gasteiger partial charge in [-0.3, -0.25) is 4.79 Å². The molecule has 0 aliphatic heterocycles. The van der Waals surface area contributed by atoms with Crippen LogP contribution in [0.3, 0.4) is 0 Å². The number of nitrogens with zero attached hydrogens (tertiary/aromatic N) is 2. The van der Waals surface area contributed by atoms with Gasteiger partial charge in [-0.25, -0.2) is 12.8 Å². The van der Waals surface area contributed by atoms with Gasteiger partial charge in [-0.15, -0.1) is 0 Å². The summed E-state index contributed by atoms with van der Waals surface area (Å²) in [6.45, 7) is 0.967. The van der Waals surface area contributed by atoms with Gasteiger partial charge in [0, 0.05) is 25.1 Å². The summed E-state index contributed by atoms with van der Waals surface area (Å²) in [5.41, 5.74) is 0.895. The molecule has 1 aromatic heterocycles. The van der Waals surface area contributed by atoms with Crippen LogP contribution in [0.2, 0.25) is 5.02 Å². The van der Waals surface area contributed by atoms with Gasteiger partial charge in [-0.2, -0.15) is 4.99 Å². The lowest BCUT2D eigenvalue weighted by atomic mass is 10.3. The van der Waals surface area contributed by atoms with E-state index in [1.165, 1.54) is 23.5 Å². The molecule has 0 saturated carbocycles. The number of benzene rings is 2. The highest BCUT2D eigenvalue weighted by Crippen LogP contribution is 2.22. The van der Waals surface area contributed by atoms with E-state index in [0.29, 0.717) is 23.0 Å². The molecule has 1 heterocycles. The topological polar surface area (TPSA) is 77.7 Å². The van der Waals surface area contributed by atoms with Crippen LogP contribution >= 0.6 is 22.9 Å². The van der Waals surface area contributed by atoms with E-state index in [9.17, 15) is 17.6 Å². The molecule has 2 aromatic carbocycles. The highest BCUT2D eigenvalue weighted by Gasteiger charge is 2.15. The van der Waals surface area contributed by atoms with Gasteiger partial charge >= 0.3 is 0 Å². The fourth-order valence-electron chi connectivity index (χ4n) is 2.87. The van der Waals surface area contributed by atoms with Crippen molar-refractivity contribution >= 4 is 48.9 Å². The highest BCUT2D eigenvalue weighted by atomic mass is 35.5. The van der Waals surface area contributed by atoms with E-state index in [0.717, 1.165) is 22.3 Å². The Bertz CT molecular complexity index is 1220. The lowest BCUT2D eigenvalue weighted by Crippen LogP contribution is -2.19. The zero-order valence-electron chi connectivity index (χ0n) is 16.2. The minimum atomic E-state index is -3.59. The number of fused-ring (bicyclic) bond motifs is 1. The molecule has 0 N–H and O–H groups in total. The summed E-state index contributed by atoms with van der Waals surface area (Å²) < 4.78 is 45.5. The Morgan fingerprint density at radius 2 is 1.97 bits per heavy atom. The fourth-order valence-corrected chi connectivity index (χ4v) is 5.53. The van der Waals surface area contributed by atoms with Crippen LogP contribution in [0.25, 0.3) is 10.2 Å². The second-order valence-corrected chi connectivity index (χ2v) is 10.1. The van der Waals surface area contributed by atoms with E-state index in [4.69, 9.17) is 16.3 Å². The van der Waals surface area contributed by atoms with E-state index in [1.807, 2.05) is 16.7 Å². The summed E-state index contributed by atoms with van der Waals surface area (Å²) in [4.78, 5) is 17.1. The molecule has 0 bridgehead atoms. The maximum absolute atomic E-state index is 13.0. The minimum Gasteiger partial charge on any atom is -0.383 e. The van der Waals surface area contributed by atoms with Gasteiger partial charge in [0.25, 0.3) is 0 Å². The number of hydrogen-bond acceptors (Lipinski definition) is 5. The van der Waals surface area contributed by atoms with E-state index < -0.39 is 21.6 Å². The third-order valence-electron chi connectivity index (χ3n) is 4.36. The summed E-state index contributed by atoms with van der Waals surface area (Å²) in [7, 11) is -1.99. The van der Waals surface area contributed by atoms with Crippen molar-refractivity contribution in [3.8, 4) is 0 Å². The number of rotatable bonds is 8. The summed E-state index contributed by atoms with van der Waals surface area (Å²) in [5.74, 6) is -1.13. The van der Waals surface area contributed by atoms with Crippen LogP contribution in [-0.4, -0.2) is 38.4 Å². The Labute approximate surface area is 182 Å². The van der Waals surface area contributed by atoms with Gasteiger partial charge in [0.15, 0.2) is 14.6 Å². The van der Waals surface area contributed by atoms with Gasteiger partial charge < -0.3 is 9.30 Å². The first kappa shape index (κ1) is 22.6. The monoisotopic (exact) mass is 470 g/mol. The van der Waals surface area contributed by atoms with E-state index >= 15 is 0 Å². The molecule has 3 aromatic rings. The quantitative estimate of drug-likeness (QED) is 0.469. The van der Waals surface area contributed by atoms with Gasteiger partial charge in [0.1, 0.15) is 5.82 Å². The molecule has 0 unspecified atom stereocenters. The smallest absolute Gasteiger partial charge is 0.248 e. The number of hydrogen-bond donors (Lipinski definition) is 0. The number of amides is 1. The molecule has 3 rings (SSSR count). The predicted molar refractivity (Wildman–Crippen MR) is 115 cm³/mol. The molecule has 0 fully saturated rings. The van der Waals surface area contributed by atoms with Crippen LogP contribution in [0.1, 0.15) is 12.8 Å². The summed E-state index contributed by atoms with van der Waals surface area (Å²) >= 11 is 7.39. The largest absolute Gasteiger partial charge is 0.383 e. The Balaban J connectivity index is 1.74. The summed E-state index contributed by atoms with van der Waals surface area (Å²) in [6.07, 6.45) is 0.108. The molecule has 0 radical (unpaired) electrons.